The van der Waals surface area contributed by atoms with E-state index in [0.29, 0.717) is 40.5 Å². The summed E-state index contributed by atoms with van der Waals surface area (Å²) < 4.78 is 10.9. The number of carbonyl (C=O) groups excluding carboxylic acids is 1. The van der Waals surface area contributed by atoms with Gasteiger partial charge in [0.05, 0.1) is 5.02 Å². The van der Waals surface area contributed by atoms with E-state index in [0.717, 1.165) is 5.56 Å². The number of nitrogens with zero attached hydrogens (tertiary/aromatic N) is 2. The van der Waals surface area contributed by atoms with Crippen molar-refractivity contribution in [2.45, 2.75) is 6.42 Å². The summed E-state index contributed by atoms with van der Waals surface area (Å²) in [7, 11) is 0. The normalized spacial score (nSPS) is 10.5. The molecule has 0 saturated carbocycles. The quantitative estimate of drug-likeness (QED) is 0.662. The van der Waals surface area contributed by atoms with Crippen molar-refractivity contribution in [3.05, 3.63) is 64.5 Å². The van der Waals surface area contributed by atoms with E-state index < -0.39 is 0 Å². The molecule has 0 saturated heterocycles. The first-order valence-electron chi connectivity index (χ1n) is 7.84. The summed E-state index contributed by atoms with van der Waals surface area (Å²) in [5.74, 6) is 1.02. The Morgan fingerprint density at radius 1 is 1.12 bits per heavy atom. The highest BCUT2D eigenvalue weighted by molar-refractivity contribution is 6.35. The second kappa shape index (κ2) is 8.69. The van der Waals surface area contributed by atoms with E-state index in [1.54, 1.807) is 18.2 Å². The standard InChI is InChI=1S/C18H15Cl2N3O3/c19-13-6-7-15(14(20)10-13)25-11-16(24)21-9-8-17-22-23-18(26-17)12-4-2-1-3-5-12/h1-7,10H,8-9,11H2,(H,21,24). The van der Waals surface area contributed by atoms with Crippen molar-refractivity contribution in [1.29, 1.82) is 0 Å². The predicted octanol–water partition coefficient (Wildman–Crippen LogP) is 3.78. The Bertz CT molecular complexity index is 884. The number of halogens is 2. The number of rotatable bonds is 7. The molecule has 6 nitrogen and oxygen atoms in total. The predicted molar refractivity (Wildman–Crippen MR) is 98.4 cm³/mol. The average molecular weight is 392 g/mol. The molecule has 2 aromatic carbocycles. The lowest BCUT2D eigenvalue weighted by Gasteiger charge is -2.08. The summed E-state index contributed by atoms with van der Waals surface area (Å²) in [5, 5.41) is 11.5. The van der Waals surface area contributed by atoms with Gasteiger partial charge in [-0.15, -0.1) is 10.2 Å². The van der Waals surface area contributed by atoms with E-state index in [1.165, 1.54) is 0 Å². The molecule has 1 heterocycles. The van der Waals surface area contributed by atoms with Gasteiger partial charge in [-0.25, -0.2) is 0 Å². The molecule has 0 unspecified atom stereocenters. The number of ether oxygens (including phenoxy) is 1. The van der Waals surface area contributed by atoms with Gasteiger partial charge in [-0.3, -0.25) is 4.79 Å². The van der Waals surface area contributed by atoms with Gasteiger partial charge in [0, 0.05) is 23.6 Å². The number of hydrogen-bond acceptors (Lipinski definition) is 5. The molecule has 26 heavy (non-hydrogen) atoms. The number of hydrogen-bond donors (Lipinski definition) is 1. The van der Waals surface area contributed by atoms with Crippen LogP contribution in [0.5, 0.6) is 5.75 Å². The monoisotopic (exact) mass is 391 g/mol. The molecule has 0 aliphatic rings. The molecule has 0 fully saturated rings. The summed E-state index contributed by atoms with van der Waals surface area (Å²) in [6.07, 6.45) is 0.424. The van der Waals surface area contributed by atoms with Gasteiger partial charge in [-0.2, -0.15) is 0 Å². The van der Waals surface area contributed by atoms with Gasteiger partial charge in [0.2, 0.25) is 11.8 Å². The van der Waals surface area contributed by atoms with Crippen LogP contribution in [-0.2, 0) is 11.2 Å². The van der Waals surface area contributed by atoms with Gasteiger partial charge in [0.1, 0.15) is 5.75 Å². The van der Waals surface area contributed by atoms with Gasteiger partial charge >= 0.3 is 0 Å². The summed E-state index contributed by atoms with van der Waals surface area (Å²) in [5.41, 5.74) is 0.850. The Hall–Kier alpha value is -2.57. The fraction of sp³-hybridized carbons (Fsp3) is 0.167. The number of aromatic nitrogens is 2. The van der Waals surface area contributed by atoms with Crippen LogP contribution in [0.1, 0.15) is 5.89 Å². The average Bonchev–Trinajstić information content (AvgIpc) is 3.11. The minimum atomic E-state index is -0.279. The van der Waals surface area contributed by atoms with Crippen LogP contribution in [0.4, 0.5) is 0 Å². The zero-order chi connectivity index (χ0) is 18.4. The molecule has 134 valence electrons. The highest BCUT2D eigenvalue weighted by Gasteiger charge is 2.10. The Kier molecular flexibility index (Phi) is 6.09. The third-order valence-electron chi connectivity index (χ3n) is 3.40. The molecule has 1 amide bonds. The van der Waals surface area contributed by atoms with Crippen molar-refractivity contribution < 1.29 is 13.9 Å². The van der Waals surface area contributed by atoms with Crippen LogP contribution in [-0.4, -0.2) is 29.3 Å². The molecule has 0 spiro atoms. The van der Waals surface area contributed by atoms with E-state index in [1.807, 2.05) is 30.3 Å². The summed E-state index contributed by atoms with van der Waals surface area (Å²) in [6, 6.07) is 14.3. The molecule has 3 aromatic rings. The highest BCUT2D eigenvalue weighted by Crippen LogP contribution is 2.27. The van der Waals surface area contributed by atoms with Crippen LogP contribution in [0.3, 0.4) is 0 Å². The first kappa shape index (κ1) is 18.2. The number of amides is 1. The molecule has 0 aliphatic heterocycles. The molecule has 0 radical (unpaired) electrons. The van der Waals surface area contributed by atoms with Gasteiger partial charge in [-0.1, -0.05) is 41.4 Å². The van der Waals surface area contributed by atoms with Crippen LogP contribution < -0.4 is 10.1 Å². The number of benzene rings is 2. The molecule has 0 bridgehead atoms. The number of nitrogens with one attached hydrogen (secondary N) is 1. The van der Waals surface area contributed by atoms with E-state index in [2.05, 4.69) is 15.5 Å². The van der Waals surface area contributed by atoms with Gasteiger partial charge in [0.15, 0.2) is 6.61 Å². The van der Waals surface area contributed by atoms with Gasteiger partial charge in [0.25, 0.3) is 5.91 Å². The summed E-state index contributed by atoms with van der Waals surface area (Å²) in [4.78, 5) is 11.8. The second-order valence-electron chi connectivity index (χ2n) is 5.33. The van der Waals surface area contributed by atoms with E-state index >= 15 is 0 Å². The second-order valence-corrected chi connectivity index (χ2v) is 6.17. The maximum Gasteiger partial charge on any atom is 0.257 e. The fourth-order valence-electron chi connectivity index (χ4n) is 2.15. The van der Waals surface area contributed by atoms with Crippen LogP contribution in [0, 0.1) is 0 Å². The van der Waals surface area contributed by atoms with Crippen molar-refractivity contribution in [1.82, 2.24) is 15.5 Å². The molecule has 8 heteroatoms. The maximum atomic E-state index is 11.8. The smallest absolute Gasteiger partial charge is 0.257 e. The first-order valence-corrected chi connectivity index (χ1v) is 8.60. The summed E-state index contributed by atoms with van der Waals surface area (Å²) in [6.45, 7) is 0.202. The lowest BCUT2D eigenvalue weighted by atomic mass is 10.2. The van der Waals surface area contributed by atoms with E-state index in [9.17, 15) is 4.79 Å². The molecule has 1 N–H and O–H groups in total. The Morgan fingerprint density at radius 3 is 2.69 bits per heavy atom. The largest absolute Gasteiger partial charge is 0.482 e. The van der Waals surface area contributed by atoms with Gasteiger partial charge < -0.3 is 14.5 Å². The third-order valence-corrected chi connectivity index (χ3v) is 3.93. The minimum Gasteiger partial charge on any atom is -0.482 e. The summed E-state index contributed by atoms with van der Waals surface area (Å²) >= 11 is 11.8. The molecule has 3 rings (SSSR count). The molecule has 0 aliphatic carbocycles. The number of carbonyl (C=O) groups is 1. The molecular weight excluding hydrogens is 377 g/mol. The SMILES string of the molecule is O=C(COc1ccc(Cl)cc1Cl)NCCc1nnc(-c2ccccc2)o1. The lowest BCUT2D eigenvalue weighted by Crippen LogP contribution is -2.30. The fourth-order valence-corrected chi connectivity index (χ4v) is 2.61. The minimum absolute atomic E-state index is 0.152. The first-order chi connectivity index (χ1) is 12.6. The third kappa shape index (κ3) is 4.97. The molecule has 0 atom stereocenters. The van der Waals surface area contributed by atoms with Crippen molar-refractivity contribution in [2.75, 3.05) is 13.2 Å². The Balaban J connectivity index is 1.43. The Labute approximate surface area is 160 Å². The Morgan fingerprint density at radius 2 is 1.92 bits per heavy atom. The van der Waals surface area contributed by atoms with Gasteiger partial charge in [-0.05, 0) is 30.3 Å². The zero-order valence-electron chi connectivity index (χ0n) is 13.6. The van der Waals surface area contributed by atoms with Crippen LogP contribution in [0.2, 0.25) is 10.0 Å². The van der Waals surface area contributed by atoms with Crippen LogP contribution >= 0.6 is 23.2 Å². The zero-order valence-corrected chi connectivity index (χ0v) is 15.1. The van der Waals surface area contributed by atoms with Crippen molar-refractivity contribution in [2.24, 2.45) is 0 Å². The van der Waals surface area contributed by atoms with E-state index in [4.69, 9.17) is 32.4 Å². The highest BCUT2D eigenvalue weighted by atomic mass is 35.5. The lowest BCUT2D eigenvalue weighted by molar-refractivity contribution is -0.123. The maximum absolute atomic E-state index is 11.8. The van der Waals surface area contributed by atoms with Crippen molar-refractivity contribution in [3.63, 3.8) is 0 Å². The van der Waals surface area contributed by atoms with Crippen LogP contribution in [0.15, 0.2) is 52.9 Å². The van der Waals surface area contributed by atoms with E-state index in [-0.39, 0.29) is 12.5 Å². The molecular formula is C18H15Cl2N3O3. The van der Waals surface area contributed by atoms with Crippen molar-refractivity contribution in [3.8, 4) is 17.2 Å². The topological polar surface area (TPSA) is 77.2 Å². The molecule has 1 aromatic heterocycles. The van der Waals surface area contributed by atoms with Crippen molar-refractivity contribution >= 4 is 29.1 Å². The van der Waals surface area contributed by atoms with Crippen LogP contribution in [0.25, 0.3) is 11.5 Å².